The van der Waals surface area contributed by atoms with E-state index in [1.807, 2.05) is 6.07 Å². The van der Waals surface area contributed by atoms with Gasteiger partial charge in [0.25, 0.3) is 5.91 Å². The van der Waals surface area contributed by atoms with E-state index in [4.69, 9.17) is 9.47 Å². The number of amides is 3. The van der Waals surface area contributed by atoms with Crippen molar-refractivity contribution in [2.45, 2.75) is 18.6 Å². The highest BCUT2D eigenvalue weighted by Gasteiger charge is 2.39. The molecular formula is C24H26N4O5. The molecule has 1 N–H and O–H groups in total. The number of hydrogen-bond donors (Lipinski definition) is 1. The van der Waals surface area contributed by atoms with E-state index in [9.17, 15) is 14.4 Å². The fourth-order valence-electron chi connectivity index (χ4n) is 3.94. The van der Waals surface area contributed by atoms with Gasteiger partial charge < -0.3 is 24.6 Å². The largest absolute Gasteiger partial charge is 0.380 e. The first-order valence-corrected chi connectivity index (χ1v) is 10.8. The zero-order chi connectivity index (χ0) is 23.2. The lowest BCUT2D eigenvalue weighted by Crippen LogP contribution is -2.42. The third-order valence-corrected chi connectivity index (χ3v) is 5.72. The van der Waals surface area contributed by atoms with Crippen LogP contribution in [0.4, 0.5) is 11.4 Å². The second-order valence-corrected chi connectivity index (χ2v) is 7.85. The summed E-state index contributed by atoms with van der Waals surface area (Å²) in [5, 5.41) is 2.88. The summed E-state index contributed by atoms with van der Waals surface area (Å²) in [5.41, 5.74) is 2.13. The van der Waals surface area contributed by atoms with E-state index in [1.54, 1.807) is 60.8 Å². The maximum atomic E-state index is 13.0. The molecule has 0 bridgehead atoms. The normalized spacial score (nSPS) is 20.9. The summed E-state index contributed by atoms with van der Waals surface area (Å²) in [4.78, 5) is 45.1. The summed E-state index contributed by atoms with van der Waals surface area (Å²) < 4.78 is 10.6. The van der Waals surface area contributed by atoms with Gasteiger partial charge in [0.2, 0.25) is 11.8 Å². The molecule has 9 nitrogen and oxygen atoms in total. The third-order valence-electron chi connectivity index (χ3n) is 5.72. The molecule has 2 aliphatic heterocycles. The number of ether oxygens (including phenoxy) is 2. The minimum Gasteiger partial charge on any atom is -0.380 e. The van der Waals surface area contributed by atoms with Gasteiger partial charge in [-0.1, -0.05) is 6.07 Å². The Balaban J connectivity index is 1.42. The Labute approximate surface area is 192 Å². The van der Waals surface area contributed by atoms with Crippen LogP contribution in [0.5, 0.6) is 0 Å². The predicted molar refractivity (Wildman–Crippen MR) is 122 cm³/mol. The molecule has 0 unspecified atom stereocenters. The molecule has 0 aliphatic carbocycles. The summed E-state index contributed by atoms with van der Waals surface area (Å²) in [7, 11) is 1.57. The number of pyridine rings is 1. The van der Waals surface area contributed by atoms with Crippen LogP contribution in [0, 0.1) is 0 Å². The molecule has 172 valence electrons. The lowest BCUT2D eigenvalue weighted by Gasteiger charge is -2.27. The van der Waals surface area contributed by atoms with Gasteiger partial charge in [-0.15, -0.1) is 0 Å². The number of morpholine rings is 1. The van der Waals surface area contributed by atoms with Crippen LogP contribution in [0.15, 0.2) is 54.9 Å². The third kappa shape index (κ3) is 5.44. The van der Waals surface area contributed by atoms with E-state index in [-0.39, 0.29) is 30.4 Å². The average Bonchev–Trinajstić information content (AvgIpc) is 3.29. The molecule has 0 radical (unpaired) electrons. The molecule has 2 saturated heterocycles. The number of carbonyl (C=O) groups is 3. The summed E-state index contributed by atoms with van der Waals surface area (Å²) in [5.74, 6) is -0.643. The number of benzene rings is 1. The van der Waals surface area contributed by atoms with Gasteiger partial charge in [0, 0.05) is 56.5 Å². The van der Waals surface area contributed by atoms with Crippen LogP contribution < -0.4 is 10.2 Å². The molecule has 33 heavy (non-hydrogen) atoms. The standard InChI is InChI=1S/C24H26N4O5/c1-32-20-13-21(28(15-20)22(29)9-4-17-3-2-10-25-14-17)24(31)26-18-5-7-19(8-6-18)27-11-12-33-16-23(27)30/h2-10,14,20-21H,11-13,15-16H2,1H3,(H,26,31)/b9-4+/t20-,21-/m1/s1. The molecule has 0 saturated carbocycles. The molecule has 1 aromatic carbocycles. The van der Waals surface area contributed by atoms with Crippen molar-refractivity contribution in [3.8, 4) is 0 Å². The van der Waals surface area contributed by atoms with Crippen LogP contribution in [-0.2, 0) is 23.9 Å². The first-order chi connectivity index (χ1) is 16.0. The monoisotopic (exact) mass is 450 g/mol. The number of carbonyl (C=O) groups excluding carboxylic acids is 3. The first-order valence-electron chi connectivity index (χ1n) is 10.8. The Bertz CT molecular complexity index is 1020. The second kappa shape index (κ2) is 10.4. The van der Waals surface area contributed by atoms with E-state index in [0.29, 0.717) is 31.8 Å². The molecule has 2 fully saturated rings. The SMILES string of the molecule is CO[C@@H]1C[C@H](C(=O)Nc2ccc(N3CCOCC3=O)cc2)N(C(=O)/C=C/c2cccnc2)C1. The molecule has 2 aliphatic rings. The van der Waals surface area contributed by atoms with E-state index in [2.05, 4.69) is 10.3 Å². The number of hydrogen-bond acceptors (Lipinski definition) is 6. The van der Waals surface area contributed by atoms with Crippen molar-refractivity contribution < 1.29 is 23.9 Å². The maximum absolute atomic E-state index is 13.0. The van der Waals surface area contributed by atoms with Crippen LogP contribution >= 0.6 is 0 Å². The van der Waals surface area contributed by atoms with E-state index in [1.165, 1.54) is 11.0 Å². The topological polar surface area (TPSA) is 101 Å². The average molecular weight is 450 g/mol. The maximum Gasteiger partial charge on any atom is 0.253 e. The number of aromatic nitrogens is 1. The van der Waals surface area contributed by atoms with Crippen molar-refractivity contribution >= 4 is 35.2 Å². The fraction of sp³-hybridized carbons (Fsp3) is 0.333. The number of anilines is 2. The highest BCUT2D eigenvalue weighted by atomic mass is 16.5. The Hall–Kier alpha value is -3.56. The van der Waals surface area contributed by atoms with Gasteiger partial charge in [0.1, 0.15) is 12.6 Å². The van der Waals surface area contributed by atoms with Gasteiger partial charge in [-0.25, -0.2) is 0 Å². The molecule has 9 heteroatoms. The van der Waals surface area contributed by atoms with Crippen molar-refractivity contribution in [1.82, 2.24) is 9.88 Å². The first kappa shape index (κ1) is 22.6. The van der Waals surface area contributed by atoms with Gasteiger partial charge in [0.15, 0.2) is 0 Å². The fourth-order valence-corrected chi connectivity index (χ4v) is 3.94. The van der Waals surface area contributed by atoms with Crippen molar-refractivity contribution in [3.63, 3.8) is 0 Å². The quantitative estimate of drug-likeness (QED) is 0.673. The van der Waals surface area contributed by atoms with Gasteiger partial charge >= 0.3 is 0 Å². The van der Waals surface area contributed by atoms with Crippen LogP contribution in [0.2, 0.25) is 0 Å². The van der Waals surface area contributed by atoms with Crippen molar-refractivity contribution in [3.05, 3.63) is 60.4 Å². The Morgan fingerprint density at radius 3 is 2.76 bits per heavy atom. The lowest BCUT2D eigenvalue weighted by atomic mass is 10.1. The molecule has 1 aromatic heterocycles. The highest BCUT2D eigenvalue weighted by molar-refractivity contribution is 6.01. The smallest absolute Gasteiger partial charge is 0.253 e. The van der Waals surface area contributed by atoms with Crippen molar-refractivity contribution in [2.75, 3.05) is 43.6 Å². The van der Waals surface area contributed by atoms with E-state index in [0.717, 1.165) is 11.3 Å². The lowest BCUT2D eigenvalue weighted by molar-refractivity contribution is -0.132. The summed E-state index contributed by atoms with van der Waals surface area (Å²) in [6.07, 6.45) is 6.64. The van der Waals surface area contributed by atoms with Crippen molar-refractivity contribution in [1.29, 1.82) is 0 Å². The number of rotatable bonds is 6. The molecule has 2 atom stereocenters. The Kier molecular flexibility index (Phi) is 7.11. The van der Waals surface area contributed by atoms with Crippen LogP contribution in [0.3, 0.4) is 0 Å². The number of likely N-dealkylation sites (tertiary alicyclic amines) is 1. The molecule has 4 rings (SSSR count). The Morgan fingerprint density at radius 2 is 2.06 bits per heavy atom. The summed E-state index contributed by atoms with van der Waals surface area (Å²) in [6.45, 7) is 1.39. The zero-order valence-electron chi connectivity index (χ0n) is 18.3. The zero-order valence-corrected chi connectivity index (χ0v) is 18.3. The van der Waals surface area contributed by atoms with Gasteiger partial charge in [-0.05, 0) is 42.0 Å². The second-order valence-electron chi connectivity index (χ2n) is 7.85. The van der Waals surface area contributed by atoms with E-state index >= 15 is 0 Å². The number of methoxy groups -OCH3 is 1. The molecule has 0 spiro atoms. The molecule has 2 aromatic rings. The minimum absolute atomic E-state index is 0.0694. The summed E-state index contributed by atoms with van der Waals surface area (Å²) >= 11 is 0. The van der Waals surface area contributed by atoms with E-state index < -0.39 is 6.04 Å². The molecule has 3 amide bonds. The van der Waals surface area contributed by atoms with Crippen LogP contribution in [0.1, 0.15) is 12.0 Å². The number of nitrogens with one attached hydrogen (secondary N) is 1. The van der Waals surface area contributed by atoms with Crippen LogP contribution in [0.25, 0.3) is 6.08 Å². The highest BCUT2D eigenvalue weighted by Crippen LogP contribution is 2.24. The Morgan fingerprint density at radius 1 is 1.24 bits per heavy atom. The molecular weight excluding hydrogens is 424 g/mol. The van der Waals surface area contributed by atoms with Crippen molar-refractivity contribution in [2.24, 2.45) is 0 Å². The molecule has 3 heterocycles. The number of nitrogens with zero attached hydrogens (tertiary/aromatic N) is 3. The predicted octanol–water partition coefficient (Wildman–Crippen LogP) is 1.71. The van der Waals surface area contributed by atoms with Crippen LogP contribution in [-0.4, -0.2) is 73.2 Å². The van der Waals surface area contributed by atoms with Gasteiger partial charge in [-0.2, -0.15) is 0 Å². The minimum atomic E-state index is -0.651. The summed E-state index contributed by atoms with van der Waals surface area (Å²) in [6, 6.07) is 10.0. The van der Waals surface area contributed by atoms with Gasteiger partial charge in [-0.3, -0.25) is 19.4 Å². The van der Waals surface area contributed by atoms with Gasteiger partial charge in [0.05, 0.1) is 12.7 Å².